The van der Waals surface area contributed by atoms with Crippen LogP contribution in [0.5, 0.6) is 5.75 Å². The molecule has 0 bridgehead atoms. The van der Waals surface area contributed by atoms with Crippen molar-refractivity contribution in [3.63, 3.8) is 0 Å². The summed E-state index contributed by atoms with van der Waals surface area (Å²) < 4.78 is 5.03. The van der Waals surface area contributed by atoms with E-state index in [1.165, 1.54) is 7.11 Å². The Hall–Kier alpha value is -1.04. The van der Waals surface area contributed by atoms with Crippen LogP contribution < -0.4 is 10.2 Å². The van der Waals surface area contributed by atoms with E-state index in [1.54, 1.807) is 12.1 Å². The second kappa shape index (κ2) is 5.16. The highest BCUT2D eigenvalue weighted by Gasteiger charge is 2.17. The third-order valence-electron chi connectivity index (χ3n) is 2.07. The van der Waals surface area contributed by atoms with Crippen molar-refractivity contribution >= 4 is 12.6 Å². The van der Waals surface area contributed by atoms with E-state index in [1.807, 2.05) is 25.1 Å². The van der Waals surface area contributed by atoms with E-state index in [-0.39, 0.29) is 0 Å². The zero-order valence-electron chi connectivity index (χ0n) is 9.27. The molecule has 0 unspecified atom stereocenters. The summed E-state index contributed by atoms with van der Waals surface area (Å²) in [5.74, 6) is 0.493. The van der Waals surface area contributed by atoms with Crippen LogP contribution in [0.3, 0.4) is 0 Å². The van der Waals surface area contributed by atoms with Gasteiger partial charge in [-0.3, -0.25) is 0 Å². The highest BCUT2D eigenvalue weighted by molar-refractivity contribution is 6.59. The second-order valence-corrected chi connectivity index (χ2v) is 3.69. The van der Waals surface area contributed by atoms with Crippen LogP contribution in [0.4, 0.5) is 0 Å². The fourth-order valence-electron chi connectivity index (χ4n) is 1.45. The van der Waals surface area contributed by atoms with Crippen molar-refractivity contribution < 1.29 is 14.8 Å². The molecule has 82 valence electrons. The van der Waals surface area contributed by atoms with Crippen LogP contribution in [-0.2, 0) is 6.54 Å². The van der Waals surface area contributed by atoms with Gasteiger partial charge in [-0.2, -0.15) is 0 Å². The number of benzene rings is 1. The van der Waals surface area contributed by atoms with E-state index in [9.17, 15) is 0 Å². The molecular formula is C10H16BNO3. The molecule has 0 spiro atoms. The molecule has 0 fully saturated rings. The van der Waals surface area contributed by atoms with Crippen molar-refractivity contribution in [3.8, 4) is 5.75 Å². The normalized spacial score (nSPS) is 10.5. The molecule has 15 heavy (non-hydrogen) atoms. The molecule has 0 radical (unpaired) electrons. The number of nitrogens with zero attached hydrogens (tertiary/aromatic N) is 1. The van der Waals surface area contributed by atoms with Gasteiger partial charge in [-0.25, -0.2) is 0 Å². The monoisotopic (exact) mass is 209 g/mol. The summed E-state index contributed by atoms with van der Waals surface area (Å²) in [6, 6.07) is 5.39. The van der Waals surface area contributed by atoms with Gasteiger partial charge in [0.05, 0.1) is 7.11 Å². The van der Waals surface area contributed by atoms with Gasteiger partial charge in [-0.15, -0.1) is 0 Å². The van der Waals surface area contributed by atoms with Crippen LogP contribution in [0.2, 0.25) is 0 Å². The van der Waals surface area contributed by atoms with Gasteiger partial charge in [0, 0.05) is 12.0 Å². The second-order valence-electron chi connectivity index (χ2n) is 3.69. The Bertz CT molecular complexity index is 328. The molecule has 0 aromatic heterocycles. The van der Waals surface area contributed by atoms with E-state index in [2.05, 4.69) is 0 Å². The van der Waals surface area contributed by atoms with E-state index >= 15 is 0 Å². The predicted molar refractivity (Wildman–Crippen MR) is 60.2 cm³/mol. The smallest absolute Gasteiger partial charge is 0.492 e. The van der Waals surface area contributed by atoms with Crippen LogP contribution in [-0.4, -0.2) is 43.3 Å². The number of hydrogen-bond donors (Lipinski definition) is 2. The summed E-state index contributed by atoms with van der Waals surface area (Å²) in [7, 11) is 3.92. The molecule has 0 aliphatic carbocycles. The Morgan fingerprint density at radius 1 is 1.33 bits per heavy atom. The number of methoxy groups -OCH3 is 1. The van der Waals surface area contributed by atoms with E-state index < -0.39 is 7.12 Å². The molecule has 0 saturated heterocycles. The van der Waals surface area contributed by atoms with Gasteiger partial charge in [0.1, 0.15) is 5.75 Å². The summed E-state index contributed by atoms with van der Waals surface area (Å²) >= 11 is 0. The lowest BCUT2D eigenvalue weighted by Gasteiger charge is -2.13. The number of hydrogen-bond acceptors (Lipinski definition) is 4. The largest absolute Gasteiger partial charge is 0.497 e. The number of rotatable bonds is 4. The molecular weight excluding hydrogens is 193 g/mol. The Labute approximate surface area is 90.2 Å². The Kier molecular flexibility index (Phi) is 4.14. The highest BCUT2D eigenvalue weighted by atomic mass is 16.5. The van der Waals surface area contributed by atoms with Gasteiger partial charge >= 0.3 is 7.12 Å². The van der Waals surface area contributed by atoms with Crippen molar-refractivity contribution in [1.82, 2.24) is 4.90 Å². The van der Waals surface area contributed by atoms with Gasteiger partial charge in [0.15, 0.2) is 0 Å². The molecule has 4 nitrogen and oxygen atoms in total. The van der Waals surface area contributed by atoms with Crippen molar-refractivity contribution in [3.05, 3.63) is 23.8 Å². The molecule has 1 aromatic rings. The first kappa shape index (κ1) is 12.0. The first-order chi connectivity index (χ1) is 7.04. The third-order valence-corrected chi connectivity index (χ3v) is 2.07. The highest BCUT2D eigenvalue weighted by Crippen LogP contribution is 2.10. The lowest BCUT2D eigenvalue weighted by molar-refractivity contribution is 0.396. The van der Waals surface area contributed by atoms with E-state index in [0.717, 1.165) is 12.1 Å². The molecule has 5 heteroatoms. The van der Waals surface area contributed by atoms with Crippen molar-refractivity contribution in [2.45, 2.75) is 6.54 Å². The SMILES string of the molecule is COc1ccc(CN(C)C)cc1B(O)O. The Morgan fingerprint density at radius 3 is 2.47 bits per heavy atom. The quantitative estimate of drug-likeness (QED) is 0.652. The molecule has 2 N–H and O–H groups in total. The first-order valence-electron chi connectivity index (χ1n) is 4.72. The average molecular weight is 209 g/mol. The maximum absolute atomic E-state index is 9.16. The van der Waals surface area contributed by atoms with Gasteiger partial charge in [-0.05, 0) is 25.7 Å². The van der Waals surface area contributed by atoms with Gasteiger partial charge in [0.2, 0.25) is 0 Å². The summed E-state index contributed by atoms with van der Waals surface area (Å²) in [6.45, 7) is 0.754. The first-order valence-corrected chi connectivity index (χ1v) is 4.72. The Balaban J connectivity index is 2.99. The van der Waals surface area contributed by atoms with E-state index in [4.69, 9.17) is 14.8 Å². The summed E-state index contributed by atoms with van der Waals surface area (Å²) in [5.41, 5.74) is 1.42. The minimum absolute atomic E-state index is 0.400. The van der Waals surface area contributed by atoms with Crippen LogP contribution in [0.15, 0.2) is 18.2 Å². The topological polar surface area (TPSA) is 52.9 Å². The summed E-state index contributed by atoms with van der Waals surface area (Å²) in [5, 5.41) is 18.3. The predicted octanol–water partition coefficient (Wildman–Crippen LogP) is -0.563. The summed E-state index contributed by atoms with van der Waals surface area (Å²) in [6.07, 6.45) is 0. The standard InChI is InChI=1S/C10H16BNO3/c1-12(2)7-8-4-5-10(15-3)9(6-8)11(13)14/h4-6,13-14H,7H2,1-3H3. The third kappa shape index (κ3) is 3.23. The molecule has 0 atom stereocenters. The van der Waals surface area contributed by atoms with Crippen LogP contribution in [0.1, 0.15) is 5.56 Å². The fraction of sp³-hybridized carbons (Fsp3) is 0.400. The van der Waals surface area contributed by atoms with Crippen molar-refractivity contribution in [2.24, 2.45) is 0 Å². The molecule has 1 rings (SSSR count). The van der Waals surface area contributed by atoms with Crippen molar-refractivity contribution in [1.29, 1.82) is 0 Å². The zero-order chi connectivity index (χ0) is 11.4. The van der Waals surface area contributed by atoms with Gasteiger partial charge in [-0.1, -0.05) is 12.1 Å². The average Bonchev–Trinajstić information content (AvgIpc) is 2.16. The fourth-order valence-corrected chi connectivity index (χ4v) is 1.45. The minimum atomic E-state index is -1.50. The molecule has 0 aliphatic heterocycles. The molecule has 0 saturated carbocycles. The number of ether oxygens (including phenoxy) is 1. The molecule has 0 heterocycles. The Morgan fingerprint density at radius 2 is 2.00 bits per heavy atom. The lowest BCUT2D eigenvalue weighted by atomic mass is 9.78. The van der Waals surface area contributed by atoms with Crippen molar-refractivity contribution in [2.75, 3.05) is 21.2 Å². The van der Waals surface area contributed by atoms with Gasteiger partial charge in [0.25, 0.3) is 0 Å². The van der Waals surface area contributed by atoms with Gasteiger partial charge < -0.3 is 19.7 Å². The summed E-state index contributed by atoms with van der Waals surface area (Å²) in [4.78, 5) is 2.01. The molecule has 1 aromatic carbocycles. The lowest BCUT2D eigenvalue weighted by Crippen LogP contribution is -2.31. The zero-order valence-corrected chi connectivity index (χ0v) is 9.27. The van der Waals surface area contributed by atoms with E-state index in [0.29, 0.717) is 11.2 Å². The molecule has 0 amide bonds. The van der Waals surface area contributed by atoms with Crippen LogP contribution in [0.25, 0.3) is 0 Å². The van der Waals surface area contributed by atoms with Crippen LogP contribution >= 0.6 is 0 Å². The van der Waals surface area contributed by atoms with Crippen LogP contribution in [0, 0.1) is 0 Å². The molecule has 0 aliphatic rings. The maximum atomic E-state index is 9.16. The minimum Gasteiger partial charge on any atom is -0.497 e. The maximum Gasteiger partial charge on any atom is 0.492 e.